The van der Waals surface area contributed by atoms with Crippen LogP contribution in [0.3, 0.4) is 0 Å². The van der Waals surface area contributed by atoms with Crippen molar-refractivity contribution >= 4 is 21.2 Å². The van der Waals surface area contributed by atoms with Crippen LogP contribution in [0.25, 0.3) is 11.2 Å². The third-order valence-electron chi connectivity index (χ3n) is 5.50. The van der Waals surface area contributed by atoms with Crippen LogP contribution in [0, 0.1) is 12.7 Å². The van der Waals surface area contributed by atoms with Gasteiger partial charge in [-0.3, -0.25) is 0 Å². The van der Waals surface area contributed by atoms with Crippen molar-refractivity contribution in [3.05, 3.63) is 59.3 Å². The molecule has 0 atom stereocenters. The van der Waals surface area contributed by atoms with Crippen LogP contribution in [0.1, 0.15) is 23.1 Å². The molecule has 0 radical (unpaired) electrons. The Kier molecular flexibility index (Phi) is 4.18. The molecule has 0 spiro atoms. The van der Waals surface area contributed by atoms with Crippen LogP contribution in [0.4, 0.5) is 4.39 Å². The number of ether oxygens (including phenoxy) is 1. The van der Waals surface area contributed by atoms with E-state index >= 15 is 0 Å². The van der Waals surface area contributed by atoms with Crippen molar-refractivity contribution in [2.24, 2.45) is 0 Å². The predicted molar refractivity (Wildman–Crippen MR) is 105 cm³/mol. The van der Waals surface area contributed by atoms with Crippen molar-refractivity contribution in [1.29, 1.82) is 0 Å². The van der Waals surface area contributed by atoms with E-state index in [9.17, 15) is 12.8 Å². The molecule has 5 rings (SSSR count). The molecule has 0 saturated heterocycles. The van der Waals surface area contributed by atoms with Gasteiger partial charge in [0.05, 0.1) is 6.61 Å². The number of nitrogens with zero attached hydrogens (tertiary/aromatic N) is 4. The molecule has 150 valence electrons. The normalized spacial score (nSPS) is 17.2. The highest BCUT2D eigenvalue weighted by Crippen LogP contribution is 2.33. The number of hydrogen-bond donors (Lipinski definition) is 0. The Morgan fingerprint density at radius 1 is 1.21 bits per heavy atom. The molecule has 0 bridgehead atoms. The van der Waals surface area contributed by atoms with E-state index in [0.29, 0.717) is 25.2 Å². The highest BCUT2D eigenvalue weighted by Gasteiger charge is 2.31. The SMILES string of the molecule is Cc1cc2ncnn2cc1C1=CCN(S(=O)(=O)c2cc3c(cc2F)OCC3)CC1. The largest absolute Gasteiger partial charge is 0.493 e. The molecule has 3 aromatic rings. The number of benzene rings is 1. The maximum Gasteiger partial charge on any atom is 0.246 e. The van der Waals surface area contributed by atoms with Crippen LogP contribution >= 0.6 is 0 Å². The summed E-state index contributed by atoms with van der Waals surface area (Å²) < 4.78 is 48.9. The fraction of sp³-hybridized carbons (Fsp3) is 0.300. The minimum Gasteiger partial charge on any atom is -0.493 e. The number of aromatic nitrogens is 3. The molecule has 1 aromatic carbocycles. The summed E-state index contributed by atoms with van der Waals surface area (Å²) in [6.45, 7) is 2.93. The van der Waals surface area contributed by atoms with Gasteiger partial charge in [0, 0.05) is 31.8 Å². The average Bonchev–Trinajstić information content (AvgIpc) is 3.35. The van der Waals surface area contributed by atoms with E-state index in [1.165, 1.54) is 22.8 Å². The summed E-state index contributed by atoms with van der Waals surface area (Å²) in [7, 11) is -3.93. The first-order chi connectivity index (χ1) is 13.9. The van der Waals surface area contributed by atoms with Crippen molar-refractivity contribution in [2.75, 3.05) is 19.7 Å². The first-order valence-electron chi connectivity index (χ1n) is 9.38. The van der Waals surface area contributed by atoms with E-state index < -0.39 is 15.8 Å². The van der Waals surface area contributed by atoms with Crippen LogP contribution < -0.4 is 4.74 Å². The van der Waals surface area contributed by atoms with Crippen LogP contribution in [0.2, 0.25) is 0 Å². The Bertz CT molecular complexity index is 1270. The molecule has 0 aliphatic carbocycles. The van der Waals surface area contributed by atoms with Crippen LogP contribution in [-0.2, 0) is 16.4 Å². The van der Waals surface area contributed by atoms with Gasteiger partial charge in [0.1, 0.15) is 22.8 Å². The molecule has 0 amide bonds. The quantitative estimate of drug-likeness (QED) is 0.658. The molecule has 4 heterocycles. The van der Waals surface area contributed by atoms with Gasteiger partial charge in [-0.15, -0.1) is 0 Å². The van der Waals surface area contributed by atoms with Crippen LogP contribution in [0.15, 0.2) is 41.7 Å². The highest BCUT2D eigenvalue weighted by atomic mass is 32.2. The zero-order valence-corrected chi connectivity index (χ0v) is 16.6. The van der Waals surface area contributed by atoms with E-state index in [1.807, 2.05) is 25.3 Å². The molecule has 0 unspecified atom stereocenters. The zero-order chi connectivity index (χ0) is 20.2. The second kappa shape index (κ2) is 6.64. The molecular weight excluding hydrogens is 395 g/mol. The van der Waals surface area contributed by atoms with Gasteiger partial charge in [0.2, 0.25) is 10.0 Å². The fourth-order valence-corrected chi connectivity index (χ4v) is 5.40. The molecule has 2 aromatic heterocycles. The third-order valence-corrected chi connectivity index (χ3v) is 7.38. The fourth-order valence-electron chi connectivity index (χ4n) is 3.92. The number of pyridine rings is 1. The van der Waals surface area contributed by atoms with Gasteiger partial charge < -0.3 is 4.74 Å². The number of aryl methyl sites for hydroxylation is 1. The van der Waals surface area contributed by atoms with E-state index in [1.54, 1.807) is 4.52 Å². The highest BCUT2D eigenvalue weighted by molar-refractivity contribution is 7.89. The first kappa shape index (κ1) is 18.3. The lowest BCUT2D eigenvalue weighted by Crippen LogP contribution is -2.35. The van der Waals surface area contributed by atoms with Gasteiger partial charge in [-0.2, -0.15) is 9.40 Å². The van der Waals surface area contributed by atoms with Gasteiger partial charge in [-0.25, -0.2) is 22.3 Å². The molecular formula is C20H19FN4O3S. The van der Waals surface area contributed by atoms with E-state index in [-0.39, 0.29) is 18.0 Å². The molecule has 2 aliphatic heterocycles. The summed E-state index contributed by atoms with van der Waals surface area (Å²) in [4.78, 5) is 3.90. The van der Waals surface area contributed by atoms with Crippen molar-refractivity contribution in [1.82, 2.24) is 18.9 Å². The van der Waals surface area contributed by atoms with Gasteiger partial charge in [0.15, 0.2) is 5.65 Å². The summed E-state index contributed by atoms with van der Waals surface area (Å²) in [6, 6.07) is 4.54. The van der Waals surface area contributed by atoms with Gasteiger partial charge in [0.25, 0.3) is 0 Å². The second-order valence-electron chi connectivity index (χ2n) is 7.26. The van der Waals surface area contributed by atoms with Gasteiger partial charge in [-0.1, -0.05) is 6.08 Å². The minimum atomic E-state index is -3.93. The molecule has 9 heteroatoms. The number of fused-ring (bicyclic) bond motifs is 2. The number of hydrogen-bond acceptors (Lipinski definition) is 5. The summed E-state index contributed by atoms with van der Waals surface area (Å²) in [5.74, 6) is -0.339. The van der Waals surface area contributed by atoms with Crippen molar-refractivity contribution in [3.63, 3.8) is 0 Å². The van der Waals surface area contributed by atoms with Gasteiger partial charge in [-0.05, 0) is 47.7 Å². The van der Waals surface area contributed by atoms with Gasteiger partial charge >= 0.3 is 0 Å². The van der Waals surface area contributed by atoms with Crippen LogP contribution in [0.5, 0.6) is 5.75 Å². The standard InChI is InChI=1S/C20H19FN4O3S/c1-13-8-20-22-12-23-25(20)11-16(13)14-2-5-24(6-3-14)29(26,27)19-9-15-4-7-28-18(15)10-17(19)21/h2,8-12H,3-7H2,1H3. The molecule has 0 N–H and O–H groups in total. The van der Waals surface area contributed by atoms with E-state index in [2.05, 4.69) is 10.1 Å². The number of sulfonamides is 1. The average molecular weight is 414 g/mol. The van der Waals surface area contributed by atoms with Crippen molar-refractivity contribution in [3.8, 4) is 5.75 Å². The summed E-state index contributed by atoms with van der Waals surface area (Å²) in [6.07, 6.45) is 6.43. The summed E-state index contributed by atoms with van der Waals surface area (Å²) >= 11 is 0. The Labute approximate surface area is 167 Å². The maximum atomic E-state index is 14.5. The van der Waals surface area contributed by atoms with E-state index in [4.69, 9.17) is 4.74 Å². The smallest absolute Gasteiger partial charge is 0.246 e. The number of halogens is 1. The molecule has 7 nitrogen and oxygen atoms in total. The molecule has 29 heavy (non-hydrogen) atoms. The van der Waals surface area contributed by atoms with E-state index in [0.717, 1.165) is 27.9 Å². The molecule has 0 fully saturated rings. The Morgan fingerprint density at radius 2 is 2.07 bits per heavy atom. The van der Waals surface area contributed by atoms with Crippen LogP contribution in [-0.4, -0.2) is 47.0 Å². The monoisotopic (exact) mass is 414 g/mol. The summed E-state index contributed by atoms with van der Waals surface area (Å²) in [5.41, 5.74) is 4.62. The topological polar surface area (TPSA) is 76.8 Å². The van der Waals surface area contributed by atoms with Crippen molar-refractivity contribution < 1.29 is 17.5 Å². The molecule has 2 aliphatic rings. The lowest BCUT2D eigenvalue weighted by Gasteiger charge is -2.26. The molecule has 0 saturated carbocycles. The second-order valence-corrected chi connectivity index (χ2v) is 9.17. The maximum absolute atomic E-state index is 14.5. The lowest BCUT2D eigenvalue weighted by atomic mass is 9.98. The Hall–Kier alpha value is -2.78. The summed E-state index contributed by atoms with van der Waals surface area (Å²) in [5, 5.41) is 4.17. The predicted octanol–water partition coefficient (Wildman–Crippen LogP) is 2.59. The minimum absolute atomic E-state index is 0.194. The zero-order valence-electron chi connectivity index (χ0n) is 15.8. The first-order valence-corrected chi connectivity index (χ1v) is 10.8. The van der Waals surface area contributed by atoms with Crippen molar-refractivity contribution in [2.45, 2.75) is 24.7 Å². The lowest BCUT2D eigenvalue weighted by molar-refractivity contribution is 0.354. The Balaban J connectivity index is 1.44. The third kappa shape index (κ3) is 3.01. The number of rotatable bonds is 3. The Morgan fingerprint density at radius 3 is 2.86 bits per heavy atom.